The normalized spacial score (nSPS) is 16.4. The highest BCUT2D eigenvalue weighted by atomic mass is 32.2. The first-order chi connectivity index (χ1) is 16.2. The Morgan fingerprint density at radius 2 is 1.91 bits per heavy atom. The van der Waals surface area contributed by atoms with Crippen molar-refractivity contribution in [1.82, 2.24) is 9.88 Å². The molecule has 0 saturated carbocycles. The summed E-state index contributed by atoms with van der Waals surface area (Å²) in [5.74, 6) is -1.34. The molecular formula is C25H22F2N2O4S. The highest BCUT2D eigenvalue weighted by Crippen LogP contribution is 2.25. The molecule has 1 amide bonds. The maximum Gasteiger partial charge on any atom is 0.227 e. The average Bonchev–Trinajstić information content (AvgIpc) is 3.18. The summed E-state index contributed by atoms with van der Waals surface area (Å²) in [4.78, 5) is 18.7. The van der Waals surface area contributed by atoms with Gasteiger partial charge in [0.1, 0.15) is 11.6 Å². The minimum Gasteiger partial charge on any atom is -0.481 e. The van der Waals surface area contributed by atoms with Crippen LogP contribution in [0.15, 0.2) is 72.3 Å². The summed E-state index contributed by atoms with van der Waals surface area (Å²) in [7, 11) is -1.95. The van der Waals surface area contributed by atoms with Gasteiger partial charge in [-0.25, -0.2) is 22.2 Å². The highest BCUT2D eigenvalue weighted by molar-refractivity contribution is 7.94. The van der Waals surface area contributed by atoms with E-state index in [1.807, 2.05) is 0 Å². The summed E-state index contributed by atoms with van der Waals surface area (Å²) in [6.07, 6.45) is 2.74. The van der Waals surface area contributed by atoms with Crippen molar-refractivity contribution in [3.63, 3.8) is 0 Å². The van der Waals surface area contributed by atoms with Crippen LogP contribution in [0.4, 0.5) is 8.78 Å². The number of hydrogen-bond donors (Lipinski definition) is 0. The Labute approximate surface area is 196 Å². The smallest absolute Gasteiger partial charge is 0.227 e. The molecule has 1 aliphatic rings. The Kier molecular flexibility index (Phi) is 6.74. The van der Waals surface area contributed by atoms with Gasteiger partial charge in [-0.15, -0.1) is 0 Å². The third kappa shape index (κ3) is 5.48. The number of aromatic nitrogens is 1. The summed E-state index contributed by atoms with van der Waals surface area (Å²) in [6, 6.07) is 12.9. The zero-order valence-corrected chi connectivity index (χ0v) is 19.1. The van der Waals surface area contributed by atoms with E-state index in [0.717, 1.165) is 5.41 Å². The van der Waals surface area contributed by atoms with Gasteiger partial charge in [-0.2, -0.15) is 0 Å². The SMILES string of the molecule is COc1cc(CN(C(=O)Cc2ccc(-c3cccc(F)c3)cc2F)C2C=CS(=O)(=O)C2)ccn1. The number of sulfone groups is 1. The molecule has 0 radical (unpaired) electrons. The van der Waals surface area contributed by atoms with Crippen LogP contribution in [0.2, 0.25) is 0 Å². The fourth-order valence-corrected chi connectivity index (χ4v) is 5.10. The van der Waals surface area contributed by atoms with E-state index in [0.29, 0.717) is 22.6 Å². The number of benzene rings is 2. The van der Waals surface area contributed by atoms with Gasteiger partial charge in [-0.05, 0) is 52.6 Å². The van der Waals surface area contributed by atoms with E-state index < -0.39 is 33.4 Å². The third-order valence-electron chi connectivity index (χ3n) is 5.55. The lowest BCUT2D eigenvalue weighted by Gasteiger charge is -2.28. The standard InChI is InChI=1S/C25H22F2N2O4S/c1-33-24-11-17(7-9-28-24)15-29(22-8-10-34(31,32)16-22)25(30)14-20-6-5-19(13-23(20)27)18-3-2-4-21(26)12-18/h2-13,22H,14-16H2,1H3. The van der Waals surface area contributed by atoms with Gasteiger partial charge in [0.25, 0.3) is 0 Å². The molecule has 34 heavy (non-hydrogen) atoms. The highest BCUT2D eigenvalue weighted by Gasteiger charge is 2.30. The number of halogens is 2. The fraction of sp³-hybridized carbons (Fsp3) is 0.200. The predicted molar refractivity (Wildman–Crippen MR) is 124 cm³/mol. The van der Waals surface area contributed by atoms with Crippen molar-refractivity contribution in [3.8, 4) is 17.0 Å². The molecule has 1 aliphatic heterocycles. The second-order valence-electron chi connectivity index (χ2n) is 7.95. The number of amides is 1. The molecule has 0 N–H and O–H groups in total. The first kappa shape index (κ1) is 23.6. The van der Waals surface area contributed by atoms with Gasteiger partial charge in [-0.3, -0.25) is 4.79 Å². The molecule has 1 unspecified atom stereocenters. The molecule has 3 aromatic rings. The van der Waals surface area contributed by atoms with Crippen LogP contribution in [0.1, 0.15) is 11.1 Å². The molecule has 0 spiro atoms. The van der Waals surface area contributed by atoms with Crippen LogP contribution in [-0.2, 0) is 27.6 Å². The summed E-state index contributed by atoms with van der Waals surface area (Å²) >= 11 is 0. The molecule has 0 aliphatic carbocycles. The van der Waals surface area contributed by atoms with Gasteiger partial charge >= 0.3 is 0 Å². The van der Waals surface area contributed by atoms with Gasteiger partial charge in [0, 0.05) is 24.2 Å². The fourth-order valence-electron chi connectivity index (χ4n) is 3.80. The Morgan fingerprint density at radius 1 is 1.12 bits per heavy atom. The largest absolute Gasteiger partial charge is 0.481 e. The van der Waals surface area contributed by atoms with E-state index in [1.54, 1.807) is 24.3 Å². The van der Waals surface area contributed by atoms with Crippen molar-refractivity contribution in [2.24, 2.45) is 0 Å². The quantitative estimate of drug-likeness (QED) is 0.508. The minimum absolute atomic E-state index is 0.102. The van der Waals surface area contributed by atoms with E-state index in [2.05, 4.69) is 4.98 Å². The van der Waals surface area contributed by atoms with Crippen molar-refractivity contribution in [2.45, 2.75) is 19.0 Å². The van der Waals surface area contributed by atoms with Crippen LogP contribution in [0, 0.1) is 11.6 Å². The number of rotatable bonds is 7. The molecule has 1 aromatic heterocycles. The first-order valence-corrected chi connectivity index (χ1v) is 12.2. The molecule has 176 valence electrons. The molecule has 4 rings (SSSR count). The number of nitrogens with zero attached hydrogens (tertiary/aromatic N) is 2. The topological polar surface area (TPSA) is 76.6 Å². The Bertz CT molecular complexity index is 1360. The van der Waals surface area contributed by atoms with Crippen molar-refractivity contribution < 1.29 is 26.7 Å². The van der Waals surface area contributed by atoms with Gasteiger partial charge in [-0.1, -0.05) is 24.3 Å². The van der Waals surface area contributed by atoms with Crippen LogP contribution in [0.5, 0.6) is 5.88 Å². The third-order valence-corrected chi connectivity index (χ3v) is 6.92. The Hall–Kier alpha value is -3.59. The Morgan fingerprint density at radius 3 is 2.59 bits per heavy atom. The lowest BCUT2D eigenvalue weighted by molar-refractivity contribution is -0.132. The van der Waals surface area contributed by atoms with Crippen LogP contribution < -0.4 is 4.74 Å². The first-order valence-electron chi connectivity index (χ1n) is 10.5. The van der Waals surface area contributed by atoms with E-state index >= 15 is 0 Å². The Balaban J connectivity index is 1.58. The lowest BCUT2D eigenvalue weighted by Crippen LogP contribution is -2.41. The van der Waals surface area contributed by atoms with E-state index in [1.165, 1.54) is 54.6 Å². The summed E-state index contributed by atoms with van der Waals surface area (Å²) < 4.78 is 57.5. The lowest BCUT2D eigenvalue weighted by atomic mass is 10.0. The maximum atomic E-state index is 14.9. The second-order valence-corrected chi connectivity index (χ2v) is 9.88. The van der Waals surface area contributed by atoms with Gasteiger partial charge in [0.05, 0.1) is 25.3 Å². The second kappa shape index (κ2) is 9.72. The van der Waals surface area contributed by atoms with Crippen LogP contribution in [0.3, 0.4) is 0 Å². The number of ether oxygens (including phenoxy) is 1. The summed E-state index contributed by atoms with van der Waals surface area (Å²) in [5, 5.41) is 1.10. The molecule has 9 heteroatoms. The van der Waals surface area contributed by atoms with Gasteiger partial charge in [0.15, 0.2) is 9.84 Å². The molecule has 0 bridgehead atoms. The molecular weight excluding hydrogens is 462 g/mol. The zero-order chi connectivity index (χ0) is 24.3. The summed E-state index contributed by atoms with van der Waals surface area (Å²) in [5.41, 5.74) is 1.86. The molecule has 0 saturated heterocycles. The number of carbonyl (C=O) groups is 1. The molecule has 6 nitrogen and oxygen atoms in total. The molecule has 2 heterocycles. The van der Waals surface area contributed by atoms with E-state index in [4.69, 9.17) is 4.74 Å². The van der Waals surface area contributed by atoms with Crippen LogP contribution in [-0.4, -0.2) is 43.1 Å². The average molecular weight is 485 g/mol. The van der Waals surface area contributed by atoms with Crippen molar-refractivity contribution >= 4 is 15.7 Å². The van der Waals surface area contributed by atoms with Gasteiger partial charge in [0.2, 0.25) is 11.8 Å². The molecule has 2 aromatic carbocycles. The summed E-state index contributed by atoms with van der Waals surface area (Å²) in [6.45, 7) is 0.102. The van der Waals surface area contributed by atoms with Crippen molar-refractivity contribution in [3.05, 3.63) is 95.0 Å². The molecule has 1 atom stereocenters. The number of hydrogen-bond acceptors (Lipinski definition) is 5. The maximum absolute atomic E-state index is 14.9. The van der Waals surface area contributed by atoms with Gasteiger partial charge < -0.3 is 9.64 Å². The van der Waals surface area contributed by atoms with Crippen LogP contribution >= 0.6 is 0 Å². The minimum atomic E-state index is -3.42. The predicted octanol–water partition coefficient (Wildman–Crippen LogP) is 3.92. The molecule has 0 fully saturated rings. The van der Waals surface area contributed by atoms with Crippen molar-refractivity contribution in [1.29, 1.82) is 0 Å². The van der Waals surface area contributed by atoms with Crippen molar-refractivity contribution in [2.75, 3.05) is 12.9 Å². The number of methoxy groups -OCH3 is 1. The number of pyridine rings is 1. The number of carbonyl (C=O) groups excluding carboxylic acids is 1. The van der Waals surface area contributed by atoms with Crippen LogP contribution in [0.25, 0.3) is 11.1 Å². The zero-order valence-electron chi connectivity index (χ0n) is 18.3. The van der Waals surface area contributed by atoms with E-state index in [-0.39, 0.29) is 24.3 Å². The van der Waals surface area contributed by atoms with E-state index in [9.17, 15) is 22.0 Å². The monoisotopic (exact) mass is 484 g/mol.